The van der Waals surface area contributed by atoms with E-state index in [2.05, 4.69) is 11.8 Å². The first-order valence-electron chi connectivity index (χ1n) is 11.2. The van der Waals surface area contributed by atoms with E-state index in [1.807, 2.05) is 0 Å². The number of hydrogen-bond donors (Lipinski definition) is 1. The Labute approximate surface area is 211 Å². The Morgan fingerprint density at radius 1 is 0.811 bits per heavy atom. The maximum absolute atomic E-state index is 13.0. The van der Waals surface area contributed by atoms with Crippen LogP contribution in [0.1, 0.15) is 16.7 Å². The van der Waals surface area contributed by atoms with Crippen LogP contribution in [0.15, 0.2) is 97.1 Å². The second kappa shape index (κ2) is 11.4. The molecule has 0 radical (unpaired) electrons. The molecule has 0 saturated carbocycles. The monoisotopic (exact) mass is 502 g/mol. The molecular weight excluding hydrogens is 481 g/mol. The third kappa shape index (κ3) is 7.15. The quantitative estimate of drug-likeness (QED) is 0.271. The first-order valence-corrected chi connectivity index (χ1v) is 11.2. The maximum atomic E-state index is 13.0. The number of rotatable bonds is 7. The van der Waals surface area contributed by atoms with Gasteiger partial charge in [-0.05, 0) is 65.2 Å². The van der Waals surface area contributed by atoms with Crippen LogP contribution in [-0.4, -0.2) is 17.7 Å². The number of benzene rings is 4. The Bertz CT molecular complexity index is 1450. The molecule has 0 heterocycles. The van der Waals surface area contributed by atoms with Gasteiger partial charge in [0.05, 0.1) is 12.0 Å². The fraction of sp³-hybridized carbons (Fsp3) is 0.100. The molecule has 0 aromatic heterocycles. The summed E-state index contributed by atoms with van der Waals surface area (Å²) < 4.78 is 50.6. The highest BCUT2D eigenvalue weighted by molar-refractivity contribution is 5.70. The van der Waals surface area contributed by atoms with Gasteiger partial charge in [-0.25, -0.2) is 0 Å². The summed E-state index contributed by atoms with van der Waals surface area (Å²) in [5.41, 5.74) is 1.75. The van der Waals surface area contributed by atoms with Gasteiger partial charge in [-0.3, -0.25) is 4.79 Å². The highest BCUT2D eigenvalue weighted by atomic mass is 19.4. The molecule has 4 rings (SSSR count). The van der Waals surface area contributed by atoms with Crippen molar-refractivity contribution in [3.8, 4) is 40.2 Å². The summed E-state index contributed by atoms with van der Waals surface area (Å²) in [4.78, 5) is 11.0. The molecule has 0 saturated heterocycles. The Morgan fingerprint density at radius 2 is 1.54 bits per heavy atom. The molecule has 7 heteroatoms. The Balaban J connectivity index is 1.39. The average Bonchev–Trinajstić information content (AvgIpc) is 2.87. The van der Waals surface area contributed by atoms with Crippen LogP contribution in [0.3, 0.4) is 0 Å². The molecule has 0 spiro atoms. The van der Waals surface area contributed by atoms with Crippen molar-refractivity contribution in [2.24, 2.45) is 0 Å². The third-order valence-corrected chi connectivity index (χ3v) is 5.27. The Kier molecular flexibility index (Phi) is 7.80. The van der Waals surface area contributed by atoms with E-state index in [9.17, 15) is 18.0 Å². The lowest BCUT2D eigenvalue weighted by atomic mass is 10.0. The van der Waals surface area contributed by atoms with E-state index < -0.39 is 17.7 Å². The number of aliphatic carboxylic acids is 1. The predicted molar refractivity (Wildman–Crippen MR) is 134 cm³/mol. The SMILES string of the molecule is O=C(O)Cc1cccc(Oc2ccccc2OCC#Cc2ccc(-c3cccc(C(F)(F)F)c3)cc2)c1. The first kappa shape index (κ1) is 25.4. The van der Waals surface area contributed by atoms with Crippen LogP contribution in [-0.2, 0) is 17.4 Å². The van der Waals surface area contributed by atoms with Crippen LogP contribution in [0.2, 0.25) is 0 Å². The van der Waals surface area contributed by atoms with Gasteiger partial charge < -0.3 is 14.6 Å². The van der Waals surface area contributed by atoms with E-state index >= 15 is 0 Å². The molecular formula is C30H21F3O4. The molecule has 0 bridgehead atoms. The standard InChI is InChI=1S/C30H21F3O4/c31-30(32,33)25-9-4-8-24(20-25)23-15-13-21(14-16-23)7-5-17-36-27-11-1-2-12-28(27)37-26-10-3-6-22(18-26)19-29(34)35/h1-4,6,8-16,18,20H,17,19H2,(H,34,35). The number of alkyl halides is 3. The lowest BCUT2D eigenvalue weighted by Crippen LogP contribution is -2.04. The van der Waals surface area contributed by atoms with E-state index in [1.54, 1.807) is 78.9 Å². The molecule has 4 nitrogen and oxygen atoms in total. The van der Waals surface area contributed by atoms with Gasteiger partial charge in [0.2, 0.25) is 0 Å². The average molecular weight is 502 g/mol. The van der Waals surface area contributed by atoms with Crippen molar-refractivity contribution < 1.29 is 32.5 Å². The van der Waals surface area contributed by atoms with Gasteiger partial charge in [-0.15, -0.1) is 0 Å². The Hall–Kier alpha value is -4.70. The van der Waals surface area contributed by atoms with Crippen molar-refractivity contribution >= 4 is 5.97 Å². The summed E-state index contributed by atoms with van der Waals surface area (Å²) in [5.74, 6) is 6.39. The van der Waals surface area contributed by atoms with Crippen LogP contribution in [0.4, 0.5) is 13.2 Å². The van der Waals surface area contributed by atoms with Crippen molar-refractivity contribution in [2.45, 2.75) is 12.6 Å². The molecule has 37 heavy (non-hydrogen) atoms. The maximum Gasteiger partial charge on any atom is 0.416 e. The zero-order valence-electron chi connectivity index (χ0n) is 19.5. The molecule has 1 N–H and O–H groups in total. The number of ether oxygens (including phenoxy) is 2. The third-order valence-electron chi connectivity index (χ3n) is 5.27. The molecule has 0 atom stereocenters. The highest BCUT2D eigenvalue weighted by Crippen LogP contribution is 2.33. The van der Waals surface area contributed by atoms with E-state index in [4.69, 9.17) is 14.6 Å². The van der Waals surface area contributed by atoms with Gasteiger partial charge in [0.15, 0.2) is 11.5 Å². The Morgan fingerprint density at radius 3 is 2.27 bits per heavy atom. The van der Waals surface area contributed by atoms with E-state index in [0.29, 0.717) is 39.5 Å². The van der Waals surface area contributed by atoms with Gasteiger partial charge in [0, 0.05) is 5.56 Å². The highest BCUT2D eigenvalue weighted by Gasteiger charge is 2.30. The van der Waals surface area contributed by atoms with Gasteiger partial charge in [0.1, 0.15) is 12.4 Å². The summed E-state index contributed by atoms with van der Waals surface area (Å²) in [5, 5.41) is 8.99. The molecule has 0 fully saturated rings. The van der Waals surface area contributed by atoms with Crippen molar-refractivity contribution in [3.05, 3.63) is 114 Å². The smallest absolute Gasteiger partial charge is 0.416 e. The van der Waals surface area contributed by atoms with Crippen LogP contribution in [0.25, 0.3) is 11.1 Å². The predicted octanol–water partition coefficient (Wildman–Crippen LogP) is 7.22. The second-order valence-corrected chi connectivity index (χ2v) is 8.01. The van der Waals surface area contributed by atoms with Crippen LogP contribution < -0.4 is 9.47 Å². The molecule has 0 aliphatic carbocycles. The van der Waals surface area contributed by atoms with Crippen LogP contribution in [0.5, 0.6) is 17.2 Å². The van der Waals surface area contributed by atoms with E-state index in [0.717, 1.165) is 12.1 Å². The summed E-state index contributed by atoms with van der Waals surface area (Å²) >= 11 is 0. The topological polar surface area (TPSA) is 55.8 Å². The van der Waals surface area contributed by atoms with Gasteiger partial charge in [-0.1, -0.05) is 60.4 Å². The lowest BCUT2D eigenvalue weighted by molar-refractivity contribution is -0.138. The molecule has 0 aliphatic rings. The van der Waals surface area contributed by atoms with Crippen molar-refractivity contribution in [1.82, 2.24) is 0 Å². The largest absolute Gasteiger partial charge is 0.481 e. The summed E-state index contributed by atoms with van der Waals surface area (Å²) in [6.45, 7) is 0.0782. The normalized spacial score (nSPS) is 10.8. The molecule has 0 unspecified atom stereocenters. The van der Waals surface area contributed by atoms with Crippen molar-refractivity contribution in [1.29, 1.82) is 0 Å². The fourth-order valence-corrected chi connectivity index (χ4v) is 3.55. The number of hydrogen-bond acceptors (Lipinski definition) is 3. The molecule has 186 valence electrons. The summed E-state index contributed by atoms with van der Waals surface area (Å²) in [6, 6.07) is 26.0. The number of carboxylic acids is 1. The summed E-state index contributed by atoms with van der Waals surface area (Å²) in [6.07, 6.45) is -4.50. The van der Waals surface area contributed by atoms with Gasteiger partial charge >= 0.3 is 12.1 Å². The number of carbonyl (C=O) groups is 1. The molecule has 0 amide bonds. The molecule has 4 aromatic rings. The zero-order chi connectivity index (χ0) is 26.3. The van der Waals surface area contributed by atoms with Gasteiger partial charge in [0.25, 0.3) is 0 Å². The number of para-hydroxylation sites is 2. The van der Waals surface area contributed by atoms with Crippen LogP contribution in [0, 0.1) is 11.8 Å². The first-order chi connectivity index (χ1) is 17.8. The van der Waals surface area contributed by atoms with E-state index in [1.165, 1.54) is 6.07 Å². The minimum absolute atomic E-state index is 0.0782. The molecule has 0 aliphatic heterocycles. The van der Waals surface area contributed by atoms with Gasteiger partial charge in [-0.2, -0.15) is 13.2 Å². The zero-order valence-corrected chi connectivity index (χ0v) is 19.5. The van der Waals surface area contributed by atoms with E-state index in [-0.39, 0.29) is 13.0 Å². The second-order valence-electron chi connectivity index (χ2n) is 8.01. The number of halogens is 3. The summed E-state index contributed by atoms with van der Waals surface area (Å²) in [7, 11) is 0. The number of carboxylic acid groups (broad SMARTS) is 1. The minimum Gasteiger partial charge on any atom is -0.481 e. The van der Waals surface area contributed by atoms with Crippen molar-refractivity contribution in [2.75, 3.05) is 6.61 Å². The lowest BCUT2D eigenvalue weighted by Gasteiger charge is -2.11. The van der Waals surface area contributed by atoms with Crippen LogP contribution >= 0.6 is 0 Å². The fourth-order valence-electron chi connectivity index (χ4n) is 3.55. The van der Waals surface area contributed by atoms with Crippen molar-refractivity contribution in [3.63, 3.8) is 0 Å². The minimum atomic E-state index is -4.39. The molecule has 4 aromatic carbocycles.